The maximum Gasteiger partial charge on any atom is 0.217 e. The molecular formula is C13H25NO3S. The van der Waals surface area contributed by atoms with E-state index in [4.69, 9.17) is 5.11 Å². The second-order valence-corrected chi connectivity index (χ2v) is 7.74. The van der Waals surface area contributed by atoms with Crippen molar-refractivity contribution in [3.05, 3.63) is 0 Å². The Bertz CT molecular complexity index is 349. The van der Waals surface area contributed by atoms with Gasteiger partial charge in [0.25, 0.3) is 0 Å². The summed E-state index contributed by atoms with van der Waals surface area (Å²) < 4.78 is 27.0. The molecule has 4 nitrogen and oxygen atoms in total. The molecular weight excluding hydrogens is 250 g/mol. The summed E-state index contributed by atoms with van der Waals surface area (Å²) >= 11 is 0. The summed E-state index contributed by atoms with van der Waals surface area (Å²) in [5, 5.41) is 8.76. The van der Waals surface area contributed by atoms with E-state index in [-0.39, 0.29) is 17.9 Å². The Kier molecular flexibility index (Phi) is 5.04. The van der Waals surface area contributed by atoms with Gasteiger partial charge in [0.05, 0.1) is 5.25 Å². The predicted molar refractivity (Wildman–Crippen MR) is 71.8 cm³/mol. The number of rotatable bonds is 5. The van der Waals surface area contributed by atoms with Gasteiger partial charge in [-0.05, 0) is 38.5 Å². The molecule has 2 rings (SSSR count). The van der Waals surface area contributed by atoms with E-state index in [1.54, 1.807) is 4.31 Å². The lowest BCUT2D eigenvalue weighted by atomic mass is 10.0. The molecule has 0 radical (unpaired) electrons. The Morgan fingerprint density at radius 3 is 2.44 bits per heavy atom. The second kappa shape index (κ2) is 6.35. The van der Waals surface area contributed by atoms with Crippen molar-refractivity contribution in [3.8, 4) is 0 Å². The Morgan fingerprint density at radius 2 is 1.78 bits per heavy atom. The van der Waals surface area contributed by atoms with E-state index >= 15 is 0 Å². The van der Waals surface area contributed by atoms with Crippen molar-refractivity contribution < 1.29 is 13.5 Å². The van der Waals surface area contributed by atoms with Crippen molar-refractivity contribution in [2.24, 2.45) is 0 Å². The van der Waals surface area contributed by atoms with Crippen LogP contribution in [0.2, 0.25) is 0 Å². The second-order valence-electron chi connectivity index (χ2n) is 5.58. The number of nitrogens with zero attached hydrogens (tertiary/aromatic N) is 1. The van der Waals surface area contributed by atoms with Gasteiger partial charge in [-0.25, -0.2) is 8.42 Å². The zero-order valence-corrected chi connectivity index (χ0v) is 11.9. The van der Waals surface area contributed by atoms with Crippen LogP contribution in [0.5, 0.6) is 0 Å². The zero-order chi connectivity index (χ0) is 13.0. The normalized spacial score (nSPS) is 27.7. The number of hydrogen-bond acceptors (Lipinski definition) is 3. The fraction of sp³-hybridized carbons (Fsp3) is 1.00. The van der Waals surface area contributed by atoms with Crippen molar-refractivity contribution in [3.63, 3.8) is 0 Å². The molecule has 0 spiro atoms. The molecule has 2 aliphatic rings. The Balaban J connectivity index is 2.03. The lowest BCUT2D eigenvalue weighted by Gasteiger charge is -2.30. The van der Waals surface area contributed by atoms with E-state index in [1.807, 2.05) is 0 Å². The van der Waals surface area contributed by atoms with Crippen LogP contribution in [0.3, 0.4) is 0 Å². The number of aliphatic hydroxyl groups excluding tert-OH is 1. The van der Waals surface area contributed by atoms with Crippen molar-refractivity contribution in [2.45, 2.75) is 69.1 Å². The first-order valence-corrected chi connectivity index (χ1v) is 8.78. The van der Waals surface area contributed by atoms with Crippen molar-refractivity contribution >= 4 is 10.0 Å². The number of aliphatic hydroxyl groups is 1. The van der Waals surface area contributed by atoms with E-state index in [0.29, 0.717) is 13.0 Å². The molecule has 1 saturated heterocycles. The van der Waals surface area contributed by atoms with Crippen LogP contribution in [0.15, 0.2) is 0 Å². The van der Waals surface area contributed by atoms with Gasteiger partial charge in [-0.1, -0.05) is 19.3 Å². The Hall–Kier alpha value is -0.130. The van der Waals surface area contributed by atoms with Gasteiger partial charge in [-0.15, -0.1) is 0 Å². The smallest absolute Gasteiger partial charge is 0.217 e. The molecule has 0 amide bonds. The van der Waals surface area contributed by atoms with Crippen molar-refractivity contribution in [1.82, 2.24) is 4.31 Å². The molecule has 0 aromatic heterocycles. The predicted octanol–water partition coefficient (Wildman–Crippen LogP) is 1.89. The van der Waals surface area contributed by atoms with Crippen LogP contribution in [0, 0.1) is 0 Å². The molecule has 1 heterocycles. The molecule has 1 aliphatic carbocycles. The van der Waals surface area contributed by atoms with E-state index in [2.05, 4.69) is 0 Å². The van der Waals surface area contributed by atoms with E-state index in [9.17, 15) is 8.42 Å². The summed E-state index contributed by atoms with van der Waals surface area (Å²) in [6.07, 6.45) is 8.42. The highest BCUT2D eigenvalue weighted by atomic mass is 32.2. The monoisotopic (exact) mass is 275 g/mol. The molecule has 1 aliphatic heterocycles. The summed E-state index contributed by atoms with van der Waals surface area (Å²) in [6.45, 7) is 0.850. The van der Waals surface area contributed by atoms with Gasteiger partial charge in [0, 0.05) is 19.2 Å². The van der Waals surface area contributed by atoms with Gasteiger partial charge in [0.1, 0.15) is 0 Å². The maximum absolute atomic E-state index is 12.6. The molecule has 1 saturated carbocycles. The molecule has 0 aromatic carbocycles. The molecule has 1 unspecified atom stereocenters. The molecule has 2 fully saturated rings. The lowest BCUT2D eigenvalue weighted by molar-refractivity contribution is 0.263. The number of hydrogen-bond donors (Lipinski definition) is 1. The largest absolute Gasteiger partial charge is 0.396 e. The third kappa shape index (κ3) is 3.06. The van der Waals surface area contributed by atoms with Crippen LogP contribution in [0.25, 0.3) is 0 Å². The summed E-state index contributed by atoms with van der Waals surface area (Å²) in [7, 11) is -3.09. The first kappa shape index (κ1) is 14.3. The zero-order valence-electron chi connectivity index (χ0n) is 11.1. The fourth-order valence-electron chi connectivity index (χ4n) is 3.31. The fourth-order valence-corrected chi connectivity index (χ4v) is 5.64. The van der Waals surface area contributed by atoms with E-state index in [1.165, 1.54) is 6.42 Å². The van der Waals surface area contributed by atoms with Gasteiger partial charge in [-0.3, -0.25) is 0 Å². The minimum absolute atomic E-state index is 0.138. The summed E-state index contributed by atoms with van der Waals surface area (Å²) in [5.41, 5.74) is 0. The highest BCUT2D eigenvalue weighted by Gasteiger charge is 2.39. The van der Waals surface area contributed by atoms with Crippen LogP contribution in [0.1, 0.15) is 57.8 Å². The van der Waals surface area contributed by atoms with E-state index in [0.717, 1.165) is 44.9 Å². The van der Waals surface area contributed by atoms with Crippen LogP contribution < -0.4 is 0 Å². The quantitative estimate of drug-likeness (QED) is 0.833. The minimum atomic E-state index is -3.09. The average molecular weight is 275 g/mol. The maximum atomic E-state index is 12.6. The van der Waals surface area contributed by atoms with E-state index < -0.39 is 10.0 Å². The van der Waals surface area contributed by atoms with Crippen molar-refractivity contribution in [2.75, 3.05) is 13.2 Å². The van der Waals surface area contributed by atoms with Gasteiger partial charge in [0.2, 0.25) is 10.0 Å². The molecule has 0 bridgehead atoms. The van der Waals surface area contributed by atoms with Crippen LogP contribution in [0.4, 0.5) is 0 Å². The standard InChI is InChI=1S/C13H25NO3S/c15-11-5-7-12-6-4-10-14(12)18(16,17)13-8-2-1-3-9-13/h12-13,15H,1-11H2. The molecule has 1 atom stereocenters. The summed E-state index contributed by atoms with van der Waals surface area (Å²) in [6, 6.07) is 0.143. The third-order valence-corrected chi connectivity index (χ3v) is 6.77. The first-order valence-electron chi connectivity index (χ1n) is 7.28. The van der Waals surface area contributed by atoms with Crippen LogP contribution in [-0.4, -0.2) is 42.3 Å². The molecule has 18 heavy (non-hydrogen) atoms. The van der Waals surface area contributed by atoms with Gasteiger partial charge < -0.3 is 5.11 Å². The minimum Gasteiger partial charge on any atom is -0.396 e. The Labute approximate surface area is 110 Å². The molecule has 106 valence electrons. The molecule has 1 N–H and O–H groups in total. The van der Waals surface area contributed by atoms with Gasteiger partial charge >= 0.3 is 0 Å². The highest BCUT2D eigenvalue weighted by Crippen LogP contribution is 2.32. The van der Waals surface area contributed by atoms with Crippen molar-refractivity contribution in [1.29, 1.82) is 0 Å². The summed E-state index contributed by atoms with van der Waals surface area (Å²) in [5.74, 6) is 0. The topological polar surface area (TPSA) is 57.6 Å². The highest BCUT2D eigenvalue weighted by molar-refractivity contribution is 7.89. The number of sulfonamides is 1. The van der Waals surface area contributed by atoms with Crippen LogP contribution in [-0.2, 0) is 10.0 Å². The molecule has 5 heteroatoms. The Morgan fingerprint density at radius 1 is 1.06 bits per heavy atom. The van der Waals surface area contributed by atoms with Gasteiger partial charge in [0.15, 0.2) is 0 Å². The van der Waals surface area contributed by atoms with Crippen LogP contribution >= 0.6 is 0 Å². The third-order valence-electron chi connectivity index (χ3n) is 4.32. The SMILES string of the molecule is O=S(=O)(C1CCCCC1)N1CCCC1CCCO. The summed E-state index contributed by atoms with van der Waals surface area (Å²) in [4.78, 5) is 0. The van der Waals surface area contributed by atoms with Gasteiger partial charge in [-0.2, -0.15) is 4.31 Å². The lowest BCUT2D eigenvalue weighted by Crippen LogP contribution is -2.42. The average Bonchev–Trinajstić information content (AvgIpc) is 2.86. The molecule has 0 aromatic rings. The first-order chi connectivity index (χ1) is 8.66.